The Morgan fingerprint density at radius 1 is 0.950 bits per heavy atom. The first-order valence-corrected chi connectivity index (χ1v) is 9.09. The highest BCUT2D eigenvalue weighted by molar-refractivity contribution is 7.66. The predicted molar refractivity (Wildman–Crippen MR) is 85.9 cm³/mol. The van der Waals surface area contributed by atoms with Crippen molar-refractivity contribution in [2.75, 3.05) is 13.3 Å². The van der Waals surface area contributed by atoms with Crippen molar-refractivity contribution in [1.82, 2.24) is 0 Å². The molecular weight excluding hydrogens is 267 g/mol. The van der Waals surface area contributed by atoms with Gasteiger partial charge in [-0.15, -0.1) is 0 Å². The van der Waals surface area contributed by atoms with E-state index in [1.807, 2.05) is 42.5 Å². The summed E-state index contributed by atoms with van der Waals surface area (Å²) in [4.78, 5) is 0. The van der Waals surface area contributed by atoms with Gasteiger partial charge in [0.05, 0.1) is 6.61 Å². The standard InChI is InChI=1S/C17H21O2P/c1-3-4-14-19-20(2,18)17-12-10-16(11-13-17)15-8-6-5-7-9-15/h5-13H,3-4,14H2,1-2H3. The first kappa shape index (κ1) is 15.0. The summed E-state index contributed by atoms with van der Waals surface area (Å²) in [7, 11) is -2.69. The number of rotatable bonds is 6. The number of unbranched alkanes of at least 4 members (excludes halogenated alkanes) is 1. The van der Waals surface area contributed by atoms with Gasteiger partial charge in [0.25, 0.3) is 0 Å². The smallest absolute Gasteiger partial charge is 0.229 e. The predicted octanol–water partition coefficient (Wildman–Crippen LogP) is 4.70. The molecule has 0 saturated heterocycles. The third kappa shape index (κ3) is 3.82. The van der Waals surface area contributed by atoms with Crippen LogP contribution in [0.3, 0.4) is 0 Å². The monoisotopic (exact) mass is 288 g/mol. The average molecular weight is 288 g/mol. The molecule has 2 rings (SSSR count). The molecule has 2 nitrogen and oxygen atoms in total. The van der Waals surface area contributed by atoms with Crippen LogP contribution in [0.25, 0.3) is 11.1 Å². The van der Waals surface area contributed by atoms with Gasteiger partial charge in [-0.1, -0.05) is 55.8 Å². The van der Waals surface area contributed by atoms with E-state index in [0.29, 0.717) is 6.61 Å². The quantitative estimate of drug-likeness (QED) is 0.568. The van der Waals surface area contributed by atoms with Gasteiger partial charge in [-0.2, -0.15) is 0 Å². The lowest BCUT2D eigenvalue weighted by atomic mass is 10.1. The van der Waals surface area contributed by atoms with Gasteiger partial charge in [-0.25, -0.2) is 0 Å². The van der Waals surface area contributed by atoms with E-state index in [-0.39, 0.29) is 0 Å². The second-order valence-electron chi connectivity index (χ2n) is 4.95. The normalized spacial score (nSPS) is 13.9. The van der Waals surface area contributed by atoms with E-state index < -0.39 is 7.37 Å². The van der Waals surface area contributed by atoms with E-state index in [2.05, 4.69) is 19.1 Å². The Hall–Kier alpha value is -1.37. The number of hydrogen-bond donors (Lipinski definition) is 0. The molecule has 3 heteroatoms. The molecular formula is C17H21O2P. The van der Waals surface area contributed by atoms with Crippen LogP contribution in [-0.2, 0) is 9.09 Å². The van der Waals surface area contributed by atoms with Gasteiger partial charge in [0.15, 0.2) is 0 Å². The van der Waals surface area contributed by atoms with Crippen molar-refractivity contribution in [2.45, 2.75) is 19.8 Å². The van der Waals surface area contributed by atoms with Gasteiger partial charge >= 0.3 is 0 Å². The molecule has 2 aromatic rings. The summed E-state index contributed by atoms with van der Waals surface area (Å²) in [6.45, 7) is 4.35. The number of benzene rings is 2. The van der Waals surface area contributed by atoms with Crippen molar-refractivity contribution in [3.8, 4) is 11.1 Å². The van der Waals surface area contributed by atoms with E-state index in [9.17, 15) is 4.57 Å². The van der Waals surface area contributed by atoms with Crippen LogP contribution in [0.1, 0.15) is 19.8 Å². The van der Waals surface area contributed by atoms with Crippen molar-refractivity contribution in [3.05, 3.63) is 54.6 Å². The van der Waals surface area contributed by atoms with Crippen LogP contribution >= 0.6 is 7.37 Å². The van der Waals surface area contributed by atoms with Gasteiger partial charge < -0.3 is 4.52 Å². The van der Waals surface area contributed by atoms with E-state index in [1.165, 1.54) is 0 Å². The zero-order valence-electron chi connectivity index (χ0n) is 12.1. The highest BCUT2D eigenvalue weighted by atomic mass is 31.2. The molecule has 1 unspecified atom stereocenters. The molecule has 0 heterocycles. The minimum atomic E-state index is -2.69. The Balaban J connectivity index is 2.14. The van der Waals surface area contributed by atoms with Crippen molar-refractivity contribution >= 4 is 12.7 Å². The summed E-state index contributed by atoms with van der Waals surface area (Å²) < 4.78 is 18.1. The van der Waals surface area contributed by atoms with Gasteiger partial charge in [0, 0.05) is 12.0 Å². The van der Waals surface area contributed by atoms with E-state index in [0.717, 1.165) is 29.3 Å². The molecule has 0 aliphatic rings. The lowest BCUT2D eigenvalue weighted by Crippen LogP contribution is -2.07. The van der Waals surface area contributed by atoms with Crippen LogP contribution in [0.5, 0.6) is 0 Å². The molecule has 2 aromatic carbocycles. The fourth-order valence-corrected chi connectivity index (χ4v) is 3.33. The summed E-state index contributed by atoms with van der Waals surface area (Å²) in [5, 5.41) is 0.785. The van der Waals surface area contributed by atoms with Crippen LogP contribution in [0.4, 0.5) is 0 Å². The molecule has 0 N–H and O–H groups in total. The summed E-state index contributed by atoms with van der Waals surface area (Å²) in [5.74, 6) is 0. The highest BCUT2D eigenvalue weighted by Crippen LogP contribution is 2.41. The Kier molecular flexibility index (Phi) is 5.17. The van der Waals surface area contributed by atoms with Gasteiger partial charge in [-0.05, 0) is 29.7 Å². The lowest BCUT2D eigenvalue weighted by molar-refractivity contribution is 0.316. The first-order chi connectivity index (χ1) is 9.63. The molecule has 0 amide bonds. The second-order valence-corrected chi connectivity index (χ2v) is 7.41. The Morgan fingerprint density at radius 2 is 1.55 bits per heavy atom. The van der Waals surface area contributed by atoms with Gasteiger partial charge in [-0.3, -0.25) is 4.57 Å². The molecule has 0 aromatic heterocycles. The highest BCUT2D eigenvalue weighted by Gasteiger charge is 2.18. The lowest BCUT2D eigenvalue weighted by Gasteiger charge is -2.14. The van der Waals surface area contributed by atoms with Crippen molar-refractivity contribution < 1.29 is 9.09 Å². The molecule has 1 atom stereocenters. The molecule has 0 fully saturated rings. The Labute approximate surface area is 121 Å². The van der Waals surface area contributed by atoms with Gasteiger partial charge in [0.2, 0.25) is 7.37 Å². The third-order valence-electron chi connectivity index (χ3n) is 3.28. The maximum atomic E-state index is 12.5. The summed E-state index contributed by atoms with van der Waals surface area (Å²) in [6.07, 6.45) is 1.99. The van der Waals surface area contributed by atoms with Crippen LogP contribution in [0.2, 0.25) is 0 Å². The first-order valence-electron chi connectivity index (χ1n) is 7.01. The SMILES string of the molecule is CCCCOP(C)(=O)c1ccc(-c2ccccc2)cc1. The zero-order valence-corrected chi connectivity index (χ0v) is 13.0. The van der Waals surface area contributed by atoms with Crippen LogP contribution < -0.4 is 5.30 Å². The fourth-order valence-electron chi connectivity index (χ4n) is 2.01. The molecule has 0 saturated carbocycles. The molecule has 0 aliphatic carbocycles. The Morgan fingerprint density at radius 3 is 2.15 bits per heavy atom. The molecule has 0 spiro atoms. The summed E-state index contributed by atoms with van der Waals surface area (Å²) >= 11 is 0. The third-order valence-corrected chi connectivity index (χ3v) is 5.19. The zero-order chi connectivity index (χ0) is 14.4. The van der Waals surface area contributed by atoms with Crippen molar-refractivity contribution in [2.24, 2.45) is 0 Å². The van der Waals surface area contributed by atoms with Crippen LogP contribution in [0.15, 0.2) is 54.6 Å². The minimum Gasteiger partial charge on any atom is -0.325 e. The largest absolute Gasteiger partial charge is 0.325 e. The topological polar surface area (TPSA) is 26.3 Å². The average Bonchev–Trinajstić information content (AvgIpc) is 2.48. The fraction of sp³-hybridized carbons (Fsp3) is 0.294. The summed E-state index contributed by atoms with van der Waals surface area (Å²) in [5.41, 5.74) is 2.29. The maximum absolute atomic E-state index is 12.5. The molecule has 0 aliphatic heterocycles. The number of hydrogen-bond acceptors (Lipinski definition) is 2. The minimum absolute atomic E-state index is 0.560. The van der Waals surface area contributed by atoms with E-state index in [4.69, 9.17) is 4.52 Å². The van der Waals surface area contributed by atoms with Gasteiger partial charge in [0.1, 0.15) is 0 Å². The Bertz CT molecular complexity index is 576. The molecule has 106 valence electrons. The second kappa shape index (κ2) is 6.88. The van der Waals surface area contributed by atoms with Crippen LogP contribution in [0, 0.1) is 0 Å². The summed E-state index contributed by atoms with van der Waals surface area (Å²) in [6, 6.07) is 18.0. The van der Waals surface area contributed by atoms with Crippen molar-refractivity contribution in [1.29, 1.82) is 0 Å². The maximum Gasteiger partial charge on any atom is 0.229 e. The molecule has 0 radical (unpaired) electrons. The van der Waals surface area contributed by atoms with E-state index >= 15 is 0 Å². The molecule has 0 bridgehead atoms. The van der Waals surface area contributed by atoms with E-state index in [1.54, 1.807) is 6.66 Å². The van der Waals surface area contributed by atoms with Crippen LogP contribution in [-0.4, -0.2) is 13.3 Å². The molecule has 20 heavy (non-hydrogen) atoms. The van der Waals surface area contributed by atoms with Crippen molar-refractivity contribution in [3.63, 3.8) is 0 Å².